The van der Waals surface area contributed by atoms with Crippen LogP contribution in [0.2, 0.25) is 23.8 Å². The molecule has 0 aliphatic carbocycles. The van der Waals surface area contributed by atoms with Crippen LogP contribution in [0.15, 0.2) is 0 Å². The Hall–Kier alpha value is 0.779. The molecule has 0 nitrogen and oxygen atoms in total. The Kier molecular flexibility index (Phi) is 31.4. The standard InChI is InChI=1S/4C10H21B3/c1-8(2)10(5,9(3)4)6-7-13(11)12;1-7(2)9(8(3)4)10(5,6)13(11)12;1-7(2)10(6,8(3)4)9(5)13(11)12;1-7(2)10(8(3)4)9(5)6-13(11)12/h8-9H,6-7H2,1-5H3;2*7-9H,1-6H3;7-10H,6H2,1-5H3. The molecule has 0 aromatic carbocycles. The quantitative estimate of drug-likeness (QED) is 0.125. The molecule has 0 aliphatic heterocycles. The average molecular weight is 695 g/mol. The summed E-state index contributed by atoms with van der Waals surface area (Å²) in [6.45, 7) is 48.8. The highest BCUT2D eigenvalue weighted by atomic mass is 14.4. The summed E-state index contributed by atoms with van der Waals surface area (Å²) in [7, 11) is 45.6. The van der Waals surface area contributed by atoms with Crippen molar-refractivity contribution >= 4 is 87.9 Å². The van der Waals surface area contributed by atoms with E-state index >= 15 is 0 Å². The third-order valence-corrected chi connectivity index (χ3v) is 13.7. The molecule has 0 amide bonds. The number of hydrogen-bond donors (Lipinski definition) is 0. The third kappa shape index (κ3) is 21.3. The molecule has 280 valence electrons. The highest BCUT2D eigenvalue weighted by molar-refractivity contribution is 7.31. The van der Waals surface area contributed by atoms with Crippen LogP contribution >= 0.6 is 0 Å². The van der Waals surface area contributed by atoms with Gasteiger partial charge in [0.05, 0.1) is 6.49 Å². The van der Waals surface area contributed by atoms with Crippen LogP contribution in [0.1, 0.15) is 159 Å². The summed E-state index contributed by atoms with van der Waals surface area (Å²) < 4.78 is 0. The monoisotopic (exact) mass is 697 g/mol. The molecule has 2 atom stereocenters. The topological polar surface area (TPSA) is 0 Å². The first kappa shape index (κ1) is 59.5. The van der Waals surface area contributed by atoms with Crippen molar-refractivity contribution < 1.29 is 0 Å². The van der Waals surface area contributed by atoms with Crippen molar-refractivity contribution in [3.05, 3.63) is 0 Å². The molecule has 2 unspecified atom stereocenters. The van der Waals surface area contributed by atoms with Crippen molar-refractivity contribution in [2.45, 2.75) is 183 Å². The second kappa shape index (κ2) is 27.4. The lowest BCUT2D eigenvalue weighted by Gasteiger charge is -2.45. The first-order valence-electron chi connectivity index (χ1n) is 21.2. The summed E-state index contributed by atoms with van der Waals surface area (Å²) >= 11 is 0. The van der Waals surface area contributed by atoms with Crippen LogP contribution < -0.4 is 0 Å². The van der Waals surface area contributed by atoms with Gasteiger partial charge in [-0.3, -0.25) is 0 Å². The van der Waals surface area contributed by atoms with E-state index in [1.807, 2.05) is 0 Å². The van der Waals surface area contributed by atoms with E-state index in [4.69, 9.17) is 61.9 Å². The second-order valence-corrected chi connectivity index (χ2v) is 20.4. The molecule has 16 radical (unpaired) electrons. The number of rotatable bonds is 18. The lowest BCUT2D eigenvalue weighted by molar-refractivity contribution is 0.131. The van der Waals surface area contributed by atoms with Gasteiger partial charge < -0.3 is 0 Å². The second-order valence-electron chi connectivity index (χ2n) is 20.4. The average Bonchev–Trinajstić information content (AvgIpc) is 2.93. The molecule has 0 rings (SSSR count). The van der Waals surface area contributed by atoms with Gasteiger partial charge in [0.2, 0.25) is 0 Å². The molecule has 0 bridgehead atoms. The van der Waals surface area contributed by atoms with Crippen molar-refractivity contribution in [3.8, 4) is 0 Å². The van der Waals surface area contributed by atoms with E-state index in [0.717, 1.165) is 25.0 Å². The highest BCUT2D eigenvalue weighted by Gasteiger charge is 2.39. The Morgan fingerprint density at radius 1 is 0.462 bits per heavy atom. The fourth-order valence-electron chi connectivity index (χ4n) is 9.24. The van der Waals surface area contributed by atoms with Crippen LogP contribution in [0.4, 0.5) is 0 Å². The molecule has 0 N–H and O–H groups in total. The maximum atomic E-state index is 5.82. The van der Waals surface area contributed by atoms with Crippen molar-refractivity contribution in [2.75, 3.05) is 0 Å². The SMILES string of the molecule is [B]B([B])C(C)(C)C(C(C)C)C(C)C.[B]B([B])C(C)C(C)(C(C)C)C(C)C.[B]B([B])CC(C)C(C(C)C)C(C)C.[B]B([B])CCC(C)(C(C)C)C(C)C. The zero-order valence-corrected chi connectivity index (χ0v) is 39.5. The van der Waals surface area contributed by atoms with Crippen LogP contribution in [0.25, 0.3) is 0 Å². The smallest absolute Gasteiger partial charge is 0.0528 e. The molecule has 0 aliphatic rings. The summed E-state index contributed by atoms with van der Waals surface area (Å²) in [5.41, 5.74) is 0.602. The molecule has 0 aromatic rings. The molecule has 0 fully saturated rings. The van der Waals surface area contributed by atoms with Crippen LogP contribution in [0, 0.1) is 75.9 Å². The first-order chi connectivity index (χ1) is 23.1. The summed E-state index contributed by atoms with van der Waals surface area (Å²) in [6.07, 6.45) is 2.98. The molecular formula is C40H84B12. The van der Waals surface area contributed by atoms with Gasteiger partial charge in [0.15, 0.2) is 0 Å². The van der Waals surface area contributed by atoms with Crippen molar-refractivity contribution in [1.82, 2.24) is 0 Å². The van der Waals surface area contributed by atoms with Gasteiger partial charge in [0.1, 0.15) is 0 Å². The Labute approximate surface area is 344 Å². The Morgan fingerprint density at radius 2 is 0.808 bits per heavy atom. The molecular weight excluding hydrogens is 610 g/mol. The van der Waals surface area contributed by atoms with Gasteiger partial charge in [-0.25, -0.2) is 0 Å². The van der Waals surface area contributed by atoms with Crippen LogP contribution in [0.5, 0.6) is 0 Å². The zero-order valence-electron chi connectivity index (χ0n) is 39.5. The lowest BCUT2D eigenvalue weighted by atomic mass is 9.09. The maximum Gasteiger partial charge on any atom is 0.0528 e. The molecule has 0 heterocycles. The molecule has 0 saturated carbocycles. The van der Waals surface area contributed by atoms with E-state index in [0.29, 0.717) is 70.4 Å². The van der Waals surface area contributed by atoms with Gasteiger partial charge in [-0.2, -0.15) is 0 Å². The predicted octanol–water partition coefficient (Wildman–Crippen LogP) is 9.94. The minimum absolute atomic E-state index is 0.0162. The van der Waals surface area contributed by atoms with Gasteiger partial charge in [-0.15, -0.1) is 0 Å². The highest BCUT2D eigenvalue weighted by Crippen LogP contribution is 2.46. The first-order valence-corrected chi connectivity index (χ1v) is 21.2. The summed E-state index contributed by atoms with van der Waals surface area (Å²) in [5, 5.41) is 0.0162. The Balaban J connectivity index is -0.000000295. The van der Waals surface area contributed by atoms with Gasteiger partial charge in [0, 0.05) is 81.4 Å². The van der Waals surface area contributed by atoms with Crippen LogP contribution in [0.3, 0.4) is 0 Å². The van der Waals surface area contributed by atoms with Crippen molar-refractivity contribution in [2.24, 2.45) is 75.9 Å². The molecule has 12 heteroatoms. The molecule has 0 aromatic heterocycles. The third-order valence-electron chi connectivity index (χ3n) is 13.7. The minimum atomic E-state index is -0.234. The van der Waals surface area contributed by atoms with Crippen molar-refractivity contribution in [1.29, 1.82) is 0 Å². The summed E-state index contributed by atoms with van der Waals surface area (Å²) in [5.74, 6) is 7.57. The fraction of sp³-hybridized carbons (Fsp3) is 1.00. The van der Waals surface area contributed by atoms with E-state index in [1.165, 1.54) is 0 Å². The van der Waals surface area contributed by atoms with Gasteiger partial charge in [-0.1, -0.05) is 183 Å². The van der Waals surface area contributed by atoms with Crippen molar-refractivity contribution in [3.63, 3.8) is 0 Å². The van der Waals surface area contributed by atoms with E-state index < -0.39 is 0 Å². The molecule has 0 saturated heterocycles. The van der Waals surface area contributed by atoms with E-state index in [2.05, 4.69) is 152 Å². The van der Waals surface area contributed by atoms with Gasteiger partial charge in [0.25, 0.3) is 0 Å². The van der Waals surface area contributed by atoms with Crippen LogP contribution in [-0.2, 0) is 0 Å². The predicted molar refractivity (Wildman–Crippen MR) is 258 cm³/mol. The van der Waals surface area contributed by atoms with E-state index in [-0.39, 0.29) is 36.7 Å². The zero-order chi connectivity index (χ0) is 42.9. The number of hydrogen-bond acceptors (Lipinski definition) is 0. The summed E-state index contributed by atoms with van der Waals surface area (Å²) in [6, 6.07) is 0. The van der Waals surface area contributed by atoms with E-state index in [9.17, 15) is 0 Å². The van der Waals surface area contributed by atoms with Gasteiger partial charge >= 0.3 is 0 Å². The Bertz CT molecular complexity index is 820. The maximum absolute atomic E-state index is 5.82. The van der Waals surface area contributed by atoms with Crippen LogP contribution in [-0.4, -0.2) is 87.9 Å². The largest absolute Gasteiger partial charge is 0.0897 e. The van der Waals surface area contributed by atoms with E-state index in [1.54, 1.807) is 0 Å². The lowest BCUT2D eigenvalue weighted by Crippen LogP contribution is -2.41. The van der Waals surface area contributed by atoms with Gasteiger partial charge in [-0.05, 0) is 75.9 Å². The molecule has 52 heavy (non-hydrogen) atoms. The Morgan fingerprint density at radius 3 is 0.962 bits per heavy atom. The summed E-state index contributed by atoms with van der Waals surface area (Å²) in [4.78, 5) is 0. The minimum Gasteiger partial charge on any atom is -0.0897 e. The fourth-order valence-corrected chi connectivity index (χ4v) is 9.24. The normalized spacial score (nSPS) is 13.7. The molecule has 0 spiro atoms.